The topological polar surface area (TPSA) is 42.0 Å². The van der Waals surface area contributed by atoms with Crippen molar-refractivity contribution in [2.24, 2.45) is 0 Å². The maximum Gasteiger partial charge on any atom is 0.257 e. The number of anilines is 1. The molecule has 92 valence electrons. The lowest BCUT2D eigenvalue weighted by Crippen LogP contribution is -2.12. The molecule has 0 aliphatic carbocycles. The third kappa shape index (κ3) is 3.31. The van der Waals surface area contributed by atoms with Gasteiger partial charge >= 0.3 is 0 Å². The van der Waals surface area contributed by atoms with E-state index in [0.29, 0.717) is 11.4 Å². The van der Waals surface area contributed by atoms with Crippen LogP contribution in [0.2, 0.25) is 0 Å². The average Bonchev–Trinajstić information content (AvgIpc) is 2.39. The molecule has 5 heteroatoms. The lowest BCUT2D eigenvalue weighted by molar-refractivity contribution is 0.102. The summed E-state index contributed by atoms with van der Waals surface area (Å²) in [7, 11) is 0. The van der Waals surface area contributed by atoms with E-state index in [2.05, 4.69) is 26.2 Å². The van der Waals surface area contributed by atoms with Crippen LogP contribution >= 0.6 is 27.5 Å². The number of aromatic nitrogens is 1. The van der Waals surface area contributed by atoms with Crippen molar-refractivity contribution in [1.29, 1.82) is 0 Å². The summed E-state index contributed by atoms with van der Waals surface area (Å²) < 4.78 is 0.771. The zero-order chi connectivity index (χ0) is 13.0. The van der Waals surface area contributed by atoms with E-state index < -0.39 is 0 Å². The van der Waals surface area contributed by atoms with Gasteiger partial charge in [0.2, 0.25) is 0 Å². The van der Waals surface area contributed by atoms with Gasteiger partial charge in [-0.2, -0.15) is 0 Å². The van der Waals surface area contributed by atoms with Crippen LogP contribution in [0.3, 0.4) is 0 Å². The Bertz CT molecular complexity index is 557. The van der Waals surface area contributed by atoms with Gasteiger partial charge in [-0.25, -0.2) is 0 Å². The van der Waals surface area contributed by atoms with Crippen molar-refractivity contribution in [2.75, 3.05) is 5.32 Å². The first-order valence-electron chi connectivity index (χ1n) is 5.26. The predicted molar refractivity (Wildman–Crippen MR) is 75.9 cm³/mol. The van der Waals surface area contributed by atoms with Crippen LogP contribution < -0.4 is 5.32 Å². The van der Waals surface area contributed by atoms with Crippen molar-refractivity contribution in [3.05, 3.63) is 58.3 Å². The van der Waals surface area contributed by atoms with E-state index in [1.807, 2.05) is 24.3 Å². The van der Waals surface area contributed by atoms with Gasteiger partial charge < -0.3 is 5.32 Å². The van der Waals surface area contributed by atoms with E-state index >= 15 is 0 Å². The third-order valence-electron chi connectivity index (χ3n) is 2.33. The lowest BCUT2D eigenvalue weighted by atomic mass is 10.2. The van der Waals surface area contributed by atoms with E-state index in [0.717, 1.165) is 15.7 Å². The first-order chi connectivity index (χ1) is 8.69. The maximum absolute atomic E-state index is 11.9. The zero-order valence-corrected chi connectivity index (χ0v) is 11.7. The van der Waals surface area contributed by atoms with Crippen LogP contribution in [0.4, 0.5) is 5.69 Å². The van der Waals surface area contributed by atoms with Crippen LogP contribution in [0.5, 0.6) is 0 Å². The Morgan fingerprint density at radius 2 is 2.00 bits per heavy atom. The molecule has 18 heavy (non-hydrogen) atoms. The summed E-state index contributed by atoms with van der Waals surface area (Å²) in [5.41, 5.74) is 2.25. The average molecular weight is 326 g/mol. The minimum atomic E-state index is -0.192. The smallest absolute Gasteiger partial charge is 0.257 e. The number of amides is 1. The number of nitrogens with zero attached hydrogens (tertiary/aromatic N) is 1. The molecule has 1 N–H and O–H groups in total. The third-order valence-corrected chi connectivity index (χ3v) is 3.08. The van der Waals surface area contributed by atoms with Gasteiger partial charge in [0.05, 0.1) is 5.56 Å². The number of rotatable bonds is 3. The standard InChI is InChI=1S/C13H10BrClN2O/c14-11-5-10(7-16-8-11)13(18)17-12-3-1-9(6-15)2-4-12/h1-5,7-8H,6H2,(H,17,18). The lowest BCUT2D eigenvalue weighted by Gasteiger charge is -2.05. The second-order valence-electron chi connectivity index (χ2n) is 3.68. The minimum Gasteiger partial charge on any atom is -0.322 e. The highest BCUT2D eigenvalue weighted by Crippen LogP contribution is 2.14. The normalized spacial score (nSPS) is 10.1. The van der Waals surface area contributed by atoms with Crippen molar-refractivity contribution in [2.45, 2.75) is 5.88 Å². The molecule has 0 saturated heterocycles. The Balaban J connectivity index is 2.11. The van der Waals surface area contributed by atoms with E-state index in [4.69, 9.17) is 11.6 Å². The Morgan fingerprint density at radius 1 is 1.28 bits per heavy atom. The number of benzene rings is 1. The summed E-state index contributed by atoms with van der Waals surface area (Å²) >= 11 is 8.98. The second kappa shape index (κ2) is 5.98. The number of halogens is 2. The molecule has 1 aromatic heterocycles. The highest BCUT2D eigenvalue weighted by atomic mass is 79.9. The number of hydrogen-bond donors (Lipinski definition) is 1. The van der Waals surface area contributed by atoms with Gasteiger partial charge in [0.1, 0.15) is 0 Å². The van der Waals surface area contributed by atoms with Crippen molar-refractivity contribution in [3.63, 3.8) is 0 Å². The maximum atomic E-state index is 11.9. The van der Waals surface area contributed by atoms with Crippen LogP contribution in [0.1, 0.15) is 15.9 Å². The highest BCUT2D eigenvalue weighted by Gasteiger charge is 2.06. The van der Waals surface area contributed by atoms with Crippen molar-refractivity contribution in [1.82, 2.24) is 4.98 Å². The summed E-state index contributed by atoms with van der Waals surface area (Å²) in [5.74, 6) is 0.270. The molecule has 0 bridgehead atoms. The number of hydrogen-bond acceptors (Lipinski definition) is 2. The van der Waals surface area contributed by atoms with Crippen molar-refractivity contribution in [3.8, 4) is 0 Å². The molecule has 0 radical (unpaired) electrons. The molecule has 0 fully saturated rings. The fourth-order valence-corrected chi connectivity index (χ4v) is 1.96. The molecule has 0 saturated carbocycles. The van der Waals surface area contributed by atoms with Crippen LogP contribution in [0.15, 0.2) is 47.2 Å². The van der Waals surface area contributed by atoms with Crippen molar-refractivity contribution >= 4 is 39.1 Å². The Morgan fingerprint density at radius 3 is 2.61 bits per heavy atom. The van der Waals surface area contributed by atoms with Crippen LogP contribution in [0.25, 0.3) is 0 Å². The number of alkyl halides is 1. The summed E-state index contributed by atoms with van der Waals surface area (Å²) in [4.78, 5) is 15.9. The van der Waals surface area contributed by atoms with E-state index in [9.17, 15) is 4.79 Å². The van der Waals surface area contributed by atoms with Gasteiger partial charge in [-0.15, -0.1) is 11.6 Å². The van der Waals surface area contributed by atoms with Crippen LogP contribution in [0, 0.1) is 0 Å². The van der Waals surface area contributed by atoms with Gasteiger partial charge in [-0.1, -0.05) is 12.1 Å². The molecule has 1 amide bonds. The SMILES string of the molecule is O=C(Nc1ccc(CCl)cc1)c1cncc(Br)c1. The van der Waals surface area contributed by atoms with Gasteiger partial charge in [-0.3, -0.25) is 9.78 Å². The summed E-state index contributed by atoms with van der Waals surface area (Å²) in [6.45, 7) is 0. The molecule has 3 nitrogen and oxygen atoms in total. The first kappa shape index (κ1) is 13.1. The molecular weight excluding hydrogens is 316 g/mol. The first-order valence-corrected chi connectivity index (χ1v) is 6.58. The monoisotopic (exact) mass is 324 g/mol. The molecule has 2 rings (SSSR count). The minimum absolute atomic E-state index is 0.192. The molecule has 0 atom stereocenters. The molecule has 1 aromatic carbocycles. The van der Waals surface area contributed by atoms with E-state index in [-0.39, 0.29) is 5.91 Å². The predicted octanol–water partition coefficient (Wildman–Crippen LogP) is 3.84. The van der Waals surface area contributed by atoms with Gasteiger partial charge in [0, 0.05) is 28.4 Å². The molecule has 1 heterocycles. The summed E-state index contributed by atoms with van der Waals surface area (Å²) in [6, 6.07) is 9.11. The number of carbonyl (C=O) groups excluding carboxylic acids is 1. The second-order valence-corrected chi connectivity index (χ2v) is 4.86. The van der Waals surface area contributed by atoms with Gasteiger partial charge in [-0.05, 0) is 39.7 Å². The van der Waals surface area contributed by atoms with E-state index in [1.54, 1.807) is 12.3 Å². The molecule has 0 unspecified atom stereocenters. The molecular formula is C13H10BrClN2O. The quantitative estimate of drug-likeness (QED) is 0.871. The molecule has 0 aliphatic rings. The molecule has 2 aromatic rings. The van der Waals surface area contributed by atoms with Crippen LogP contribution in [-0.4, -0.2) is 10.9 Å². The largest absolute Gasteiger partial charge is 0.322 e. The number of nitrogens with one attached hydrogen (secondary N) is 1. The number of pyridine rings is 1. The van der Waals surface area contributed by atoms with Gasteiger partial charge in [0.15, 0.2) is 0 Å². The van der Waals surface area contributed by atoms with E-state index in [1.165, 1.54) is 6.20 Å². The fourth-order valence-electron chi connectivity index (χ4n) is 1.42. The van der Waals surface area contributed by atoms with Crippen LogP contribution in [-0.2, 0) is 5.88 Å². The molecule has 0 aliphatic heterocycles. The fraction of sp³-hybridized carbons (Fsp3) is 0.0769. The Labute approximate surface area is 118 Å². The van der Waals surface area contributed by atoms with Gasteiger partial charge in [0.25, 0.3) is 5.91 Å². The summed E-state index contributed by atoms with van der Waals surface area (Å²) in [6.07, 6.45) is 3.15. The summed E-state index contributed by atoms with van der Waals surface area (Å²) in [5, 5.41) is 2.79. The Hall–Kier alpha value is -1.39. The number of carbonyl (C=O) groups is 1. The highest BCUT2D eigenvalue weighted by molar-refractivity contribution is 9.10. The molecule has 0 spiro atoms. The Kier molecular flexibility index (Phi) is 4.33. The zero-order valence-electron chi connectivity index (χ0n) is 9.36. The van der Waals surface area contributed by atoms with Crippen molar-refractivity contribution < 1.29 is 4.79 Å².